The van der Waals surface area contributed by atoms with Gasteiger partial charge in [-0.1, -0.05) is 53.2 Å². The molecule has 0 spiro atoms. The number of hydrogen-bond donors (Lipinski definition) is 3. The topological polar surface area (TPSA) is 111 Å². The van der Waals surface area contributed by atoms with E-state index in [0.717, 1.165) is 17.3 Å². The first-order valence-electron chi connectivity index (χ1n) is 9.57. The van der Waals surface area contributed by atoms with E-state index in [0.29, 0.717) is 16.3 Å². The second-order valence-electron chi connectivity index (χ2n) is 6.88. The van der Waals surface area contributed by atoms with Gasteiger partial charge < -0.3 is 15.8 Å². The Bertz CT molecular complexity index is 1040. The summed E-state index contributed by atoms with van der Waals surface area (Å²) < 4.78 is 5.14. The Labute approximate surface area is 189 Å². The van der Waals surface area contributed by atoms with Crippen LogP contribution in [0.3, 0.4) is 0 Å². The van der Waals surface area contributed by atoms with E-state index < -0.39 is 29.1 Å². The molecule has 162 valence electrons. The van der Waals surface area contributed by atoms with E-state index in [1.54, 1.807) is 43.3 Å². The number of rotatable bonds is 5. The van der Waals surface area contributed by atoms with Crippen LogP contribution < -0.4 is 16.4 Å². The summed E-state index contributed by atoms with van der Waals surface area (Å²) in [6, 6.07) is 13.3. The molecule has 0 saturated carbocycles. The number of halogens is 1. The smallest absolute Gasteiger partial charge is 0.337 e. The van der Waals surface area contributed by atoms with Gasteiger partial charge in [0.05, 0.1) is 17.2 Å². The monoisotopic (exact) mass is 459 g/mol. The Kier molecular flexibility index (Phi) is 7.25. The number of hydrogen-bond acceptors (Lipinski definition) is 6. The molecule has 0 aliphatic carbocycles. The molecule has 4 N–H and O–H groups in total. The standard InChI is InChI=1S/C22H22ClN3O4S/c1-3-30-21(28)17-16(13-5-4-6-14(23)11-13)18(31-19(17)24)20(27)26-22(29)25-15-9-7-12(2)8-10-15/h4-11,16,18H,3,24H2,1-2H3,(H2,25,26,27,29). The summed E-state index contributed by atoms with van der Waals surface area (Å²) in [4.78, 5) is 37.9. The minimum Gasteiger partial charge on any atom is -0.463 e. The molecule has 2 atom stereocenters. The highest BCUT2D eigenvalue weighted by Gasteiger charge is 2.44. The van der Waals surface area contributed by atoms with E-state index in [2.05, 4.69) is 10.6 Å². The van der Waals surface area contributed by atoms with Gasteiger partial charge in [0.1, 0.15) is 5.25 Å². The van der Waals surface area contributed by atoms with Crippen LogP contribution in [0.1, 0.15) is 24.0 Å². The molecule has 31 heavy (non-hydrogen) atoms. The molecule has 0 radical (unpaired) electrons. The van der Waals surface area contributed by atoms with Gasteiger partial charge in [-0.2, -0.15) is 0 Å². The van der Waals surface area contributed by atoms with E-state index in [1.165, 1.54) is 0 Å². The number of urea groups is 1. The van der Waals surface area contributed by atoms with Crippen LogP contribution in [0.25, 0.3) is 0 Å². The van der Waals surface area contributed by atoms with Crippen LogP contribution >= 0.6 is 23.4 Å². The van der Waals surface area contributed by atoms with Crippen molar-refractivity contribution in [3.05, 3.63) is 75.3 Å². The van der Waals surface area contributed by atoms with Gasteiger partial charge in [0, 0.05) is 16.6 Å². The van der Waals surface area contributed by atoms with Crippen LogP contribution in [0.5, 0.6) is 0 Å². The number of nitrogens with one attached hydrogen (secondary N) is 2. The van der Waals surface area contributed by atoms with Crippen LogP contribution in [0.2, 0.25) is 5.02 Å². The number of carbonyl (C=O) groups is 3. The normalized spacial score (nSPS) is 17.9. The Balaban J connectivity index is 1.82. The van der Waals surface area contributed by atoms with Crippen molar-refractivity contribution in [2.45, 2.75) is 25.0 Å². The lowest BCUT2D eigenvalue weighted by Gasteiger charge is -2.21. The molecule has 3 rings (SSSR count). The molecule has 0 saturated heterocycles. The summed E-state index contributed by atoms with van der Waals surface area (Å²) in [5, 5.41) is 4.74. The Morgan fingerprint density at radius 2 is 1.87 bits per heavy atom. The van der Waals surface area contributed by atoms with Crippen molar-refractivity contribution >= 4 is 47.0 Å². The van der Waals surface area contributed by atoms with E-state index in [4.69, 9.17) is 22.1 Å². The molecule has 1 aliphatic heterocycles. The Hall–Kier alpha value is -2.97. The SMILES string of the molecule is CCOC(=O)C1=C(N)SC(C(=O)NC(=O)Nc2ccc(C)cc2)C1c1cccc(Cl)c1. The number of anilines is 1. The number of ether oxygens (including phenoxy) is 1. The highest BCUT2D eigenvalue weighted by molar-refractivity contribution is 8.04. The molecular formula is C22H22ClN3O4S. The maximum Gasteiger partial charge on any atom is 0.337 e. The molecule has 1 aliphatic rings. The molecule has 0 fully saturated rings. The lowest BCUT2D eigenvalue weighted by atomic mass is 9.88. The van der Waals surface area contributed by atoms with Gasteiger partial charge in [-0.15, -0.1) is 0 Å². The van der Waals surface area contributed by atoms with E-state index >= 15 is 0 Å². The van der Waals surface area contributed by atoms with Gasteiger partial charge >= 0.3 is 12.0 Å². The van der Waals surface area contributed by atoms with Gasteiger partial charge in [-0.25, -0.2) is 9.59 Å². The summed E-state index contributed by atoms with van der Waals surface area (Å²) in [7, 11) is 0. The number of aryl methyl sites for hydroxylation is 1. The van der Waals surface area contributed by atoms with Crippen LogP contribution in [0.15, 0.2) is 59.1 Å². The van der Waals surface area contributed by atoms with E-state index in [-0.39, 0.29) is 17.2 Å². The summed E-state index contributed by atoms with van der Waals surface area (Å²) in [6.07, 6.45) is 0. The Morgan fingerprint density at radius 1 is 1.16 bits per heavy atom. The molecule has 1 heterocycles. The van der Waals surface area contributed by atoms with Crippen molar-refractivity contribution in [2.24, 2.45) is 5.73 Å². The zero-order valence-electron chi connectivity index (χ0n) is 17.0. The van der Waals surface area contributed by atoms with Crippen LogP contribution in [0, 0.1) is 6.92 Å². The molecular weight excluding hydrogens is 438 g/mol. The molecule has 2 aromatic rings. The van der Waals surface area contributed by atoms with Crippen LogP contribution in [-0.4, -0.2) is 29.8 Å². The van der Waals surface area contributed by atoms with Gasteiger partial charge in [0.25, 0.3) is 0 Å². The first kappa shape index (κ1) is 22.7. The van der Waals surface area contributed by atoms with Crippen LogP contribution in [0.4, 0.5) is 10.5 Å². The molecule has 7 nitrogen and oxygen atoms in total. The molecule has 2 aromatic carbocycles. The highest BCUT2D eigenvalue weighted by Crippen LogP contribution is 2.46. The predicted molar refractivity (Wildman–Crippen MR) is 122 cm³/mol. The fourth-order valence-electron chi connectivity index (χ4n) is 3.24. The van der Waals surface area contributed by atoms with Crippen molar-refractivity contribution < 1.29 is 19.1 Å². The number of benzene rings is 2. The molecule has 0 aromatic heterocycles. The fraction of sp³-hybridized carbons (Fsp3) is 0.227. The van der Waals surface area contributed by atoms with E-state index in [1.807, 2.05) is 19.1 Å². The average Bonchev–Trinajstić information content (AvgIpc) is 3.07. The molecule has 0 bridgehead atoms. The quantitative estimate of drug-likeness (QED) is 0.584. The number of amides is 3. The first-order valence-corrected chi connectivity index (χ1v) is 10.8. The summed E-state index contributed by atoms with van der Waals surface area (Å²) in [6.45, 7) is 3.78. The number of nitrogens with two attached hydrogens (primary N) is 1. The number of imide groups is 1. The van der Waals surface area contributed by atoms with Crippen LogP contribution in [-0.2, 0) is 14.3 Å². The zero-order chi connectivity index (χ0) is 22.5. The van der Waals surface area contributed by atoms with Crippen molar-refractivity contribution in [3.8, 4) is 0 Å². The number of carbonyl (C=O) groups excluding carboxylic acids is 3. The zero-order valence-corrected chi connectivity index (χ0v) is 18.5. The average molecular weight is 460 g/mol. The molecule has 9 heteroatoms. The first-order chi connectivity index (χ1) is 14.8. The summed E-state index contributed by atoms with van der Waals surface area (Å²) in [5.74, 6) is -1.89. The number of thioether (sulfide) groups is 1. The van der Waals surface area contributed by atoms with Crippen molar-refractivity contribution in [2.75, 3.05) is 11.9 Å². The lowest BCUT2D eigenvalue weighted by Crippen LogP contribution is -2.41. The summed E-state index contributed by atoms with van der Waals surface area (Å²) >= 11 is 7.14. The van der Waals surface area contributed by atoms with Gasteiger partial charge in [0.15, 0.2) is 0 Å². The highest BCUT2D eigenvalue weighted by atomic mass is 35.5. The molecule has 2 unspecified atom stereocenters. The van der Waals surface area contributed by atoms with Gasteiger partial charge in [-0.05, 0) is 43.7 Å². The second-order valence-corrected chi connectivity index (χ2v) is 8.50. The third-order valence-corrected chi connectivity index (χ3v) is 6.09. The van der Waals surface area contributed by atoms with Crippen molar-refractivity contribution in [1.29, 1.82) is 0 Å². The number of esters is 1. The minimum absolute atomic E-state index is 0.165. The fourth-order valence-corrected chi connectivity index (χ4v) is 4.64. The van der Waals surface area contributed by atoms with E-state index in [9.17, 15) is 14.4 Å². The third kappa shape index (κ3) is 5.39. The Morgan fingerprint density at radius 3 is 2.52 bits per heavy atom. The second kappa shape index (κ2) is 9.89. The van der Waals surface area contributed by atoms with Gasteiger partial charge in [-0.3, -0.25) is 10.1 Å². The minimum atomic E-state index is -0.846. The molecule has 3 amide bonds. The maximum absolute atomic E-state index is 13.0. The largest absolute Gasteiger partial charge is 0.463 e. The van der Waals surface area contributed by atoms with Crippen molar-refractivity contribution in [1.82, 2.24) is 5.32 Å². The van der Waals surface area contributed by atoms with Gasteiger partial charge in [0.2, 0.25) is 5.91 Å². The third-order valence-electron chi connectivity index (χ3n) is 4.64. The maximum atomic E-state index is 13.0. The summed E-state index contributed by atoms with van der Waals surface area (Å²) in [5.41, 5.74) is 8.51. The lowest BCUT2D eigenvalue weighted by molar-refractivity contribution is -0.138. The predicted octanol–water partition coefficient (Wildman–Crippen LogP) is 3.93. The van der Waals surface area contributed by atoms with Crippen molar-refractivity contribution in [3.63, 3.8) is 0 Å².